The second kappa shape index (κ2) is 11.0. The fraction of sp³-hybridized carbons (Fsp3) is 0.520. The molecule has 0 bridgehead atoms. The van der Waals surface area contributed by atoms with Crippen molar-refractivity contribution in [2.75, 3.05) is 19.6 Å². The summed E-state index contributed by atoms with van der Waals surface area (Å²) in [5, 5.41) is 0. The average molecular weight is 585 g/mol. The lowest BCUT2D eigenvalue weighted by Crippen LogP contribution is -2.54. The van der Waals surface area contributed by atoms with Crippen molar-refractivity contribution in [1.29, 1.82) is 0 Å². The van der Waals surface area contributed by atoms with E-state index in [2.05, 4.69) is 9.72 Å². The van der Waals surface area contributed by atoms with Crippen LogP contribution in [0.15, 0.2) is 42.7 Å². The standard InChI is InChI=1S/C25H24F9N3O3/c26-23(27,28)17-11-16(12-19(13-17)39-18-3-1-7-35-14-18)15-37-8-2-4-22(37)5-9-36(10-6-22)21(38)40-20(24(29,30)31)25(32,33)34/h1,3,7,11-14,20H,2,4-6,8-10,15H2. The van der Waals surface area contributed by atoms with E-state index in [0.717, 1.165) is 17.0 Å². The molecule has 2 aliphatic rings. The Balaban J connectivity index is 1.47. The Labute approximate surface area is 222 Å². The molecule has 1 amide bonds. The Morgan fingerprint density at radius 1 is 0.925 bits per heavy atom. The number of amides is 1. The first-order valence-corrected chi connectivity index (χ1v) is 12.2. The van der Waals surface area contributed by atoms with E-state index < -0.39 is 41.8 Å². The van der Waals surface area contributed by atoms with E-state index in [9.17, 15) is 44.3 Å². The molecule has 1 spiro atoms. The minimum absolute atomic E-state index is 0.0486. The summed E-state index contributed by atoms with van der Waals surface area (Å²) in [7, 11) is 0. The first kappa shape index (κ1) is 29.7. The van der Waals surface area contributed by atoms with Gasteiger partial charge in [0.2, 0.25) is 0 Å². The summed E-state index contributed by atoms with van der Waals surface area (Å²) < 4.78 is 127. The number of alkyl halides is 9. The lowest BCUT2D eigenvalue weighted by atomic mass is 9.85. The summed E-state index contributed by atoms with van der Waals surface area (Å²) in [6.07, 6.45) is -17.8. The molecule has 1 aromatic heterocycles. The van der Waals surface area contributed by atoms with Crippen molar-refractivity contribution in [2.45, 2.75) is 62.4 Å². The minimum atomic E-state index is -5.82. The highest BCUT2D eigenvalue weighted by atomic mass is 19.4. The number of hydrogen-bond acceptors (Lipinski definition) is 5. The zero-order valence-corrected chi connectivity index (χ0v) is 20.7. The average Bonchev–Trinajstić information content (AvgIpc) is 3.22. The molecule has 2 fully saturated rings. The van der Waals surface area contributed by atoms with Crippen LogP contribution in [0.1, 0.15) is 36.8 Å². The highest BCUT2D eigenvalue weighted by molar-refractivity contribution is 5.68. The van der Waals surface area contributed by atoms with Crippen molar-refractivity contribution in [3.05, 3.63) is 53.9 Å². The third-order valence-electron chi connectivity index (χ3n) is 7.04. The van der Waals surface area contributed by atoms with Crippen LogP contribution in [0.5, 0.6) is 11.5 Å². The van der Waals surface area contributed by atoms with Crippen LogP contribution >= 0.6 is 0 Å². The van der Waals surface area contributed by atoms with Gasteiger partial charge in [-0.1, -0.05) is 0 Å². The number of halogens is 9. The van der Waals surface area contributed by atoms with E-state index in [1.807, 2.05) is 4.90 Å². The van der Waals surface area contributed by atoms with E-state index >= 15 is 0 Å². The van der Waals surface area contributed by atoms with E-state index in [1.54, 1.807) is 6.07 Å². The van der Waals surface area contributed by atoms with Gasteiger partial charge in [0.25, 0.3) is 6.10 Å². The summed E-state index contributed by atoms with van der Waals surface area (Å²) in [6.45, 7) is 0.247. The first-order valence-electron chi connectivity index (χ1n) is 12.2. The number of nitrogens with zero attached hydrogens (tertiary/aromatic N) is 3. The van der Waals surface area contributed by atoms with Gasteiger partial charge in [-0.15, -0.1) is 0 Å². The summed E-state index contributed by atoms with van der Waals surface area (Å²) in [4.78, 5) is 18.8. The Morgan fingerprint density at radius 2 is 1.60 bits per heavy atom. The molecule has 6 nitrogen and oxygen atoms in total. The van der Waals surface area contributed by atoms with E-state index in [4.69, 9.17) is 4.74 Å². The molecule has 0 radical (unpaired) electrons. The number of pyridine rings is 1. The van der Waals surface area contributed by atoms with E-state index in [1.165, 1.54) is 24.5 Å². The molecule has 0 atom stereocenters. The molecule has 0 saturated carbocycles. The van der Waals surface area contributed by atoms with Crippen LogP contribution in [0.25, 0.3) is 0 Å². The number of rotatable bonds is 5. The Hall–Kier alpha value is -3.23. The van der Waals surface area contributed by atoms with Gasteiger partial charge >= 0.3 is 24.6 Å². The quantitative estimate of drug-likeness (QED) is 0.356. The van der Waals surface area contributed by atoms with Crippen LogP contribution in [0.3, 0.4) is 0 Å². The molecule has 2 aliphatic heterocycles. The number of hydrogen-bond donors (Lipinski definition) is 0. The SMILES string of the molecule is O=C(OC(C(F)(F)F)C(F)(F)F)N1CCC2(CCCN2Cc2cc(Oc3cccnc3)cc(C(F)(F)F)c2)CC1. The van der Waals surface area contributed by atoms with Crippen molar-refractivity contribution >= 4 is 6.09 Å². The summed E-state index contributed by atoms with van der Waals surface area (Å²) in [6, 6.07) is 6.44. The molecule has 0 aliphatic carbocycles. The number of ether oxygens (including phenoxy) is 2. The normalized spacial score (nSPS) is 18.4. The molecule has 3 heterocycles. The van der Waals surface area contributed by atoms with Crippen LogP contribution in [-0.4, -0.2) is 64.5 Å². The number of likely N-dealkylation sites (tertiary alicyclic amines) is 2. The third-order valence-corrected chi connectivity index (χ3v) is 7.04. The number of carbonyl (C=O) groups is 1. The molecular weight excluding hydrogens is 561 g/mol. The van der Waals surface area contributed by atoms with Gasteiger partial charge in [-0.2, -0.15) is 39.5 Å². The highest BCUT2D eigenvalue weighted by Gasteiger charge is 2.60. The summed E-state index contributed by atoms with van der Waals surface area (Å²) >= 11 is 0. The van der Waals surface area contributed by atoms with Gasteiger partial charge in [0.1, 0.15) is 11.5 Å². The predicted molar refractivity (Wildman–Crippen MR) is 121 cm³/mol. The Morgan fingerprint density at radius 3 is 2.17 bits per heavy atom. The Kier molecular flexibility index (Phi) is 8.16. The van der Waals surface area contributed by atoms with Crippen LogP contribution in [0.2, 0.25) is 0 Å². The molecule has 2 saturated heterocycles. The number of benzene rings is 1. The fourth-order valence-electron chi connectivity index (χ4n) is 5.15. The van der Waals surface area contributed by atoms with Crippen LogP contribution in [0, 0.1) is 0 Å². The Bertz CT molecular complexity index is 1160. The molecular formula is C25H24F9N3O3. The smallest absolute Gasteiger partial charge is 0.434 e. The molecule has 4 rings (SSSR count). The molecule has 40 heavy (non-hydrogen) atoms. The number of piperidine rings is 1. The molecule has 1 aromatic carbocycles. The lowest BCUT2D eigenvalue weighted by Gasteiger charge is -2.45. The number of carbonyl (C=O) groups excluding carboxylic acids is 1. The highest BCUT2D eigenvalue weighted by Crippen LogP contribution is 2.42. The van der Waals surface area contributed by atoms with Gasteiger partial charge in [0.15, 0.2) is 0 Å². The van der Waals surface area contributed by atoms with Crippen LogP contribution in [0.4, 0.5) is 44.3 Å². The van der Waals surface area contributed by atoms with Gasteiger partial charge in [-0.3, -0.25) is 9.88 Å². The minimum Gasteiger partial charge on any atom is -0.456 e. The third kappa shape index (κ3) is 6.91. The zero-order chi connectivity index (χ0) is 29.3. The first-order chi connectivity index (χ1) is 18.6. The zero-order valence-electron chi connectivity index (χ0n) is 20.7. The fourth-order valence-corrected chi connectivity index (χ4v) is 5.15. The van der Waals surface area contributed by atoms with Crippen molar-refractivity contribution in [3.8, 4) is 11.5 Å². The maximum Gasteiger partial charge on any atom is 0.434 e. The van der Waals surface area contributed by atoms with Crippen LogP contribution < -0.4 is 4.74 Å². The molecule has 15 heteroatoms. The van der Waals surface area contributed by atoms with Gasteiger partial charge < -0.3 is 14.4 Å². The monoisotopic (exact) mass is 585 g/mol. The van der Waals surface area contributed by atoms with Crippen LogP contribution in [-0.2, 0) is 17.5 Å². The maximum absolute atomic E-state index is 13.6. The summed E-state index contributed by atoms with van der Waals surface area (Å²) in [5.74, 6) is 0.190. The van der Waals surface area contributed by atoms with Gasteiger partial charge in [0.05, 0.1) is 11.8 Å². The number of aromatic nitrogens is 1. The topological polar surface area (TPSA) is 54.9 Å². The van der Waals surface area contributed by atoms with Crippen molar-refractivity contribution in [3.63, 3.8) is 0 Å². The second-order valence-corrected chi connectivity index (χ2v) is 9.74. The molecule has 0 N–H and O–H groups in total. The van der Waals surface area contributed by atoms with Gasteiger partial charge in [-0.25, -0.2) is 4.79 Å². The van der Waals surface area contributed by atoms with E-state index in [0.29, 0.717) is 24.9 Å². The van der Waals surface area contributed by atoms with Gasteiger partial charge in [-0.05, 0) is 68.1 Å². The van der Waals surface area contributed by atoms with E-state index in [-0.39, 0.29) is 44.0 Å². The summed E-state index contributed by atoms with van der Waals surface area (Å²) in [5.41, 5.74) is -1.21. The second-order valence-electron chi connectivity index (χ2n) is 9.74. The van der Waals surface area contributed by atoms with Crippen molar-refractivity contribution < 1.29 is 53.8 Å². The van der Waals surface area contributed by atoms with Crippen molar-refractivity contribution in [2.24, 2.45) is 0 Å². The molecule has 0 unspecified atom stereocenters. The van der Waals surface area contributed by atoms with Crippen molar-refractivity contribution in [1.82, 2.24) is 14.8 Å². The molecule has 220 valence electrons. The molecule has 2 aromatic rings. The largest absolute Gasteiger partial charge is 0.456 e. The van der Waals surface area contributed by atoms with Gasteiger partial charge in [0, 0.05) is 31.4 Å². The maximum atomic E-state index is 13.6. The lowest BCUT2D eigenvalue weighted by molar-refractivity contribution is -0.308. The predicted octanol–water partition coefficient (Wildman–Crippen LogP) is 6.95.